The lowest BCUT2D eigenvalue weighted by Crippen LogP contribution is -2.29. The largest absolute Gasteiger partial charge is 0.345 e. The molecule has 0 saturated carbocycles. The molecule has 2 nitrogen and oxygen atoms in total. The lowest BCUT2D eigenvalue weighted by atomic mass is 10.0. The lowest BCUT2D eigenvalue weighted by Gasteiger charge is -2.19. The van der Waals surface area contributed by atoms with Crippen LogP contribution in [0.5, 0.6) is 0 Å². The Morgan fingerprint density at radius 1 is 1.10 bits per heavy atom. The van der Waals surface area contributed by atoms with Gasteiger partial charge in [0.05, 0.1) is 11.6 Å². The Hall–Kier alpha value is -1.36. The molecule has 1 N–H and O–H groups in total. The van der Waals surface area contributed by atoms with Crippen molar-refractivity contribution in [3.8, 4) is 0 Å². The minimum atomic E-state index is -0.00250. The lowest BCUT2D eigenvalue weighted by molar-refractivity contribution is 0.0933. The van der Waals surface area contributed by atoms with E-state index in [0.717, 1.165) is 27.5 Å². The number of rotatable bonds is 5. The standard InChI is InChI=1S/C17H18INO/c1-2-8-16(13-9-4-3-5-10-13)19-17(20)14-11-6-7-12-15(14)18/h3-7,9-12,16H,2,8H2,1H3,(H,19,20). The molecule has 2 aromatic rings. The van der Waals surface area contributed by atoms with Crippen LogP contribution in [0.1, 0.15) is 41.7 Å². The summed E-state index contributed by atoms with van der Waals surface area (Å²) in [6.07, 6.45) is 1.98. The third-order valence-corrected chi connectivity index (χ3v) is 4.14. The first-order valence-electron chi connectivity index (χ1n) is 6.82. The highest BCUT2D eigenvalue weighted by Crippen LogP contribution is 2.20. The number of hydrogen-bond donors (Lipinski definition) is 1. The van der Waals surface area contributed by atoms with Crippen molar-refractivity contribution in [1.82, 2.24) is 5.32 Å². The van der Waals surface area contributed by atoms with Gasteiger partial charge < -0.3 is 5.32 Å². The second-order valence-electron chi connectivity index (χ2n) is 4.71. The van der Waals surface area contributed by atoms with Crippen LogP contribution in [0, 0.1) is 3.57 Å². The molecule has 0 bridgehead atoms. The Kier molecular flexibility index (Phi) is 5.59. The fraction of sp³-hybridized carbons (Fsp3) is 0.235. The summed E-state index contributed by atoms with van der Waals surface area (Å²) >= 11 is 2.20. The zero-order chi connectivity index (χ0) is 14.4. The minimum Gasteiger partial charge on any atom is -0.345 e. The van der Waals surface area contributed by atoms with Gasteiger partial charge in [0, 0.05) is 3.57 Å². The first-order valence-corrected chi connectivity index (χ1v) is 7.90. The smallest absolute Gasteiger partial charge is 0.252 e. The van der Waals surface area contributed by atoms with Gasteiger partial charge in [-0.25, -0.2) is 0 Å². The van der Waals surface area contributed by atoms with Crippen molar-refractivity contribution in [2.45, 2.75) is 25.8 Å². The highest BCUT2D eigenvalue weighted by molar-refractivity contribution is 14.1. The van der Waals surface area contributed by atoms with Crippen LogP contribution >= 0.6 is 22.6 Å². The van der Waals surface area contributed by atoms with Crippen molar-refractivity contribution in [2.75, 3.05) is 0 Å². The topological polar surface area (TPSA) is 29.1 Å². The molecule has 0 heterocycles. The van der Waals surface area contributed by atoms with E-state index < -0.39 is 0 Å². The van der Waals surface area contributed by atoms with Gasteiger partial charge in [-0.2, -0.15) is 0 Å². The summed E-state index contributed by atoms with van der Waals surface area (Å²) < 4.78 is 0.978. The van der Waals surface area contributed by atoms with E-state index in [4.69, 9.17) is 0 Å². The van der Waals surface area contributed by atoms with E-state index in [1.165, 1.54) is 0 Å². The molecule has 0 saturated heterocycles. The number of carbonyl (C=O) groups is 1. The van der Waals surface area contributed by atoms with E-state index in [1.807, 2.05) is 42.5 Å². The number of halogens is 1. The average molecular weight is 379 g/mol. The van der Waals surface area contributed by atoms with Gasteiger partial charge in [-0.15, -0.1) is 0 Å². The number of hydrogen-bond acceptors (Lipinski definition) is 1. The van der Waals surface area contributed by atoms with E-state index in [2.05, 4.69) is 47.0 Å². The average Bonchev–Trinajstić information content (AvgIpc) is 2.48. The van der Waals surface area contributed by atoms with Gasteiger partial charge in [-0.05, 0) is 46.7 Å². The summed E-state index contributed by atoms with van der Waals surface area (Å²) in [7, 11) is 0. The van der Waals surface area contributed by atoms with Crippen LogP contribution < -0.4 is 5.32 Å². The van der Waals surface area contributed by atoms with Gasteiger partial charge in [0.15, 0.2) is 0 Å². The van der Waals surface area contributed by atoms with Gasteiger partial charge in [0.25, 0.3) is 5.91 Å². The Morgan fingerprint density at radius 3 is 2.40 bits per heavy atom. The monoisotopic (exact) mass is 379 g/mol. The Morgan fingerprint density at radius 2 is 1.75 bits per heavy atom. The molecule has 0 radical (unpaired) electrons. The molecule has 104 valence electrons. The normalized spacial score (nSPS) is 11.9. The first kappa shape index (κ1) is 15.0. The molecular formula is C17H18INO. The zero-order valence-electron chi connectivity index (χ0n) is 11.5. The van der Waals surface area contributed by atoms with Crippen LogP contribution in [-0.2, 0) is 0 Å². The van der Waals surface area contributed by atoms with Crippen LogP contribution in [0.3, 0.4) is 0 Å². The van der Waals surface area contributed by atoms with E-state index in [0.29, 0.717) is 0 Å². The maximum absolute atomic E-state index is 12.4. The molecule has 2 rings (SSSR count). The zero-order valence-corrected chi connectivity index (χ0v) is 13.6. The van der Waals surface area contributed by atoms with Crippen molar-refractivity contribution >= 4 is 28.5 Å². The highest BCUT2D eigenvalue weighted by Gasteiger charge is 2.16. The molecule has 0 aliphatic heterocycles. The molecule has 0 spiro atoms. The number of carbonyl (C=O) groups excluding carboxylic acids is 1. The van der Waals surface area contributed by atoms with E-state index in [9.17, 15) is 4.79 Å². The maximum atomic E-state index is 12.4. The maximum Gasteiger partial charge on any atom is 0.252 e. The van der Waals surface area contributed by atoms with Crippen LogP contribution in [-0.4, -0.2) is 5.91 Å². The molecular weight excluding hydrogens is 361 g/mol. The molecule has 0 aliphatic carbocycles. The van der Waals surface area contributed by atoms with Crippen LogP contribution in [0.25, 0.3) is 0 Å². The van der Waals surface area contributed by atoms with E-state index >= 15 is 0 Å². The van der Waals surface area contributed by atoms with Gasteiger partial charge >= 0.3 is 0 Å². The molecule has 20 heavy (non-hydrogen) atoms. The van der Waals surface area contributed by atoms with Crippen molar-refractivity contribution in [3.05, 3.63) is 69.3 Å². The summed E-state index contributed by atoms with van der Waals surface area (Å²) in [5.74, 6) is -0.00250. The number of benzene rings is 2. The summed E-state index contributed by atoms with van der Waals surface area (Å²) in [4.78, 5) is 12.4. The first-order chi connectivity index (χ1) is 9.72. The minimum absolute atomic E-state index is 0.00250. The number of nitrogens with one attached hydrogen (secondary N) is 1. The van der Waals surface area contributed by atoms with Crippen molar-refractivity contribution in [3.63, 3.8) is 0 Å². The van der Waals surface area contributed by atoms with Gasteiger partial charge in [0.1, 0.15) is 0 Å². The third kappa shape index (κ3) is 3.82. The summed E-state index contributed by atoms with van der Waals surface area (Å²) in [6, 6.07) is 17.9. The van der Waals surface area contributed by atoms with Gasteiger partial charge in [0.2, 0.25) is 0 Å². The van der Waals surface area contributed by atoms with E-state index in [-0.39, 0.29) is 11.9 Å². The fourth-order valence-corrected chi connectivity index (χ4v) is 2.81. The van der Waals surface area contributed by atoms with E-state index in [1.54, 1.807) is 0 Å². The quantitative estimate of drug-likeness (QED) is 0.759. The van der Waals surface area contributed by atoms with Crippen molar-refractivity contribution in [2.24, 2.45) is 0 Å². The summed E-state index contributed by atoms with van der Waals surface area (Å²) in [5, 5.41) is 3.15. The SMILES string of the molecule is CCCC(NC(=O)c1ccccc1I)c1ccccc1. The second-order valence-corrected chi connectivity index (χ2v) is 5.87. The van der Waals surface area contributed by atoms with Crippen LogP contribution in [0.2, 0.25) is 0 Å². The van der Waals surface area contributed by atoms with Crippen molar-refractivity contribution in [1.29, 1.82) is 0 Å². The predicted octanol–water partition coefficient (Wildman–Crippen LogP) is 4.56. The van der Waals surface area contributed by atoms with Gasteiger partial charge in [-0.3, -0.25) is 4.79 Å². The fourth-order valence-electron chi connectivity index (χ4n) is 2.18. The third-order valence-electron chi connectivity index (χ3n) is 3.20. The molecule has 1 unspecified atom stereocenters. The van der Waals surface area contributed by atoms with Gasteiger partial charge in [-0.1, -0.05) is 55.8 Å². The number of amides is 1. The molecule has 0 fully saturated rings. The second kappa shape index (κ2) is 7.43. The van der Waals surface area contributed by atoms with Crippen molar-refractivity contribution < 1.29 is 4.79 Å². The molecule has 2 aromatic carbocycles. The Balaban J connectivity index is 2.17. The Bertz CT molecular complexity index is 568. The van der Waals surface area contributed by atoms with Crippen LogP contribution in [0.4, 0.5) is 0 Å². The summed E-state index contributed by atoms with van der Waals surface area (Å²) in [5.41, 5.74) is 1.90. The molecule has 1 amide bonds. The van der Waals surface area contributed by atoms with Crippen LogP contribution in [0.15, 0.2) is 54.6 Å². The molecule has 0 aliphatic rings. The highest BCUT2D eigenvalue weighted by atomic mass is 127. The predicted molar refractivity (Wildman–Crippen MR) is 90.7 cm³/mol. The Labute approximate surface area is 133 Å². The summed E-state index contributed by atoms with van der Waals surface area (Å²) in [6.45, 7) is 2.13. The molecule has 0 aromatic heterocycles. The molecule has 1 atom stereocenters. The molecule has 3 heteroatoms.